The lowest BCUT2D eigenvalue weighted by atomic mass is 10.4. The van der Waals surface area contributed by atoms with Crippen molar-refractivity contribution in [2.45, 2.75) is 9.92 Å². The summed E-state index contributed by atoms with van der Waals surface area (Å²) in [5, 5.41) is 1.15. The molecule has 2 nitrogen and oxygen atoms in total. The summed E-state index contributed by atoms with van der Waals surface area (Å²) >= 11 is 10.8. The highest BCUT2D eigenvalue weighted by Gasteiger charge is 2.04. The van der Waals surface area contributed by atoms with E-state index in [1.54, 1.807) is 12.4 Å². The number of hydrogen-bond donors (Lipinski definition) is 0. The first-order valence-electron chi connectivity index (χ1n) is 4.15. The molecule has 0 N–H and O–H groups in total. The second kappa shape index (κ2) is 4.96. The van der Waals surface area contributed by atoms with Gasteiger partial charge in [0.1, 0.15) is 5.03 Å². The molecule has 2 rings (SSSR count). The summed E-state index contributed by atoms with van der Waals surface area (Å²) in [4.78, 5) is 9.20. The zero-order valence-corrected chi connectivity index (χ0v) is 10.7. The number of nitrogens with zero attached hydrogens (tertiary/aromatic N) is 2. The van der Waals surface area contributed by atoms with Gasteiger partial charge in [-0.2, -0.15) is 0 Å². The Morgan fingerprint density at radius 1 is 1.20 bits per heavy atom. The van der Waals surface area contributed by atoms with Crippen molar-refractivity contribution in [1.82, 2.24) is 9.97 Å². The number of aromatic nitrogens is 2. The SMILES string of the molecule is Clc1nccnc1Sc1cccc(Br)c1. The van der Waals surface area contributed by atoms with Crippen molar-refractivity contribution >= 4 is 39.3 Å². The van der Waals surface area contributed by atoms with E-state index in [-0.39, 0.29) is 0 Å². The van der Waals surface area contributed by atoms with Crippen LogP contribution in [-0.4, -0.2) is 9.97 Å². The van der Waals surface area contributed by atoms with E-state index in [0.717, 1.165) is 14.4 Å². The normalized spacial score (nSPS) is 10.3. The molecule has 1 aromatic heterocycles. The standard InChI is InChI=1S/C10H6BrClN2S/c11-7-2-1-3-8(6-7)15-10-9(12)13-4-5-14-10/h1-6H. The van der Waals surface area contributed by atoms with Crippen molar-refractivity contribution in [2.75, 3.05) is 0 Å². The predicted octanol–water partition coefficient (Wildman–Crippen LogP) is 4.04. The quantitative estimate of drug-likeness (QED) is 0.837. The van der Waals surface area contributed by atoms with E-state index in [0.29, 0.717) is 5.15 Å². The zero-order valence-electron chi connectivity index (χ0n) is 7.52. The third kappa shape index (κ3) is 2.93. The van der Waals surface area contributed by atoms with Gasteiger partial charge in [-0.25, -0.2) is 9.97 Å². The largest absolute Gasteiger partial charge is 0.245 e. The average molecular weight is 302 g/mol. The summed E-state index contributed by atoms with van der Waals surface area (Å²) in [6.07, 6.45) is 3.21. The minimum Gasteiger partial charge on any atom is -0.245 e. The van der Waals surface area contributed by atoms with Crippen LogP contribution in [0.5, 0.6) is 0 Å². The molecule has 0 fully saturated rings. The number of hydrogen-bond acceptors (Lipinski definition) is 3. The van der Waals surface area contributed by atoms with Gasteiger partial charge in [0.05, 0.1) is 0 Å². The molecule has 0 atom stereocenters. The van der Waals surface area contributed by atoms with E-state index in [4.69, 9.17) is 11.6 Å². The zero-order chi connectivity index (χ0) is 10.7. The van der Waals surface area contributed by atoms with E-state index in [9.17, 15) is 0 Å². The molecule has 0 aliphatic rings. The number of benzene rings is 1. The molecule has 15 heavy (non-hydrogen) atoms. The first kappa shape index (κ1) is 10.9. The fourth-order valence-electron chi connectivity index (χ4n) is 1.02. The maximum atomic E-state index is 5.91. The van der Waals surface area contributed by atoms with Crippen molar-refractivity contribution < 1.29 is 0 Å². The maximum absolute atomic E-state index is 5.91. The summed E-state index contributed by atoms with van der Waals surface area (Å²) in [5.41, 5.74) is 0. The van der Waals surface area contributed by atoms with E-state index in [2.05, 4.69) is 25.9 Å². The highest BCUT2D eigenvalue weighted by Crippen LogP contribution is 2.31. The first-order valence-corrected chi connectivity index (χ1v) is 6.14. The molecule has 0 bridgehead atoms. The summed E-state index contributed by atoms with van der Waals surface area (Å²) in [6.45, 7) is 0. The van der Waals surface area contributed by atoms with Crippen molar-refractivity contribution in [3.05, 3.63) is 46.3 Å². The Bertz CT molecular complexity index is 478. The van der Waals surface area contributed by atoms with Crippen LogP contribution in [-0.2, 0) is 0 Å². The Labute approximate surface area is 105 Å². The van der Waals surface area contributed by atoms with Gasteiger partial charge < -0.3 is 0 Å². The third-order valence-corrected chi connectivity index (χ3v) is 3.50. The lowest BCUT2D eigenvalue weighted by Crippen LogP contribution is -1.83. The van der Waals surface area contributed by atoms with Gasteiger partial charge in [-0.15, -0.1) is 0 Å². The summed E-state index contributed by atoms with van der Waals surface area (Å²) in [6, 6.07) is 7.95. The average Bonchev–Trinajstić information content (AvgIpc) is 2.22. The topological polar surface area (TPSA) is 25.8 Å². The van der Waals surface area contributed by atoms with Crippen LogP contribution in [0.3, 0.4) is 0 Å². The summed E-state index contributed by atoms with van der Waals surface area (Å²) in [7, 11) is 0. The van der Waals surface area contributed by atoms with Crippen LogP contribution in [0.15, 0.2) is 51.1 Å². The van der Waals surface area contributed by atoms with Crippen molar-refractivity contribution in [1.29, 1.82) is 0 Å². The second-order valence-corrected chi connectivity index (χ2v) is 5.05. The molecule has 0 unspecified atom stereocenters. The minimum absolute atomic E-state index is 0.433. The smallest absolute Gasteiger partial charge is 0.161 e. The van der Waals surface area contributed by atoms with Gasteiger partial charge in [-0.05, 0) is 18.2 Å². The molecular weight excluding hydrogens is 296 g/mol. The molecule has 0 amide bonds. The Balaban J connectivity index is 2.26. The van der Waals surface area contributed by atoms with Crippen LogP contribution in [0, 0.1) is 0 Å². The molecule has 0 spiro atoms. The molecular formula is C10H6BrClN2S. The second-order valence-electron chi connectivity index (χ2n) is 2.71. The monoisotopic (exact) mass is 300 g/mol. The summed E-state index contributed by atoms with van der Waals surface area (Å²) in [5.74, 6) is 0. The fourth-order valence-corrected chi connectivity index (χ4v) is 2.60. The Morgan fingerprint density at radius 3 is 2.73 bits per heavy atom. The molecule has 0 aliphatic heterocycles. The van der Waals surface area contributed by atoms with E-state index >= 15 is 0 Å². The van der Waals surface area contributed by atoms with Gasteiger partial charge >= 0.3 is 0 Å². The lowest BCUT2D eigenvalue weighted by Gasteiger charge is -2.01. The van der Waals surface area contributed by atoms with E-state index in [1.165, 1.54) is 11.8 Å². The fraction of sp³-hybridized carbons (Fsp3) is 0. The molecule has 1 aromatic carbocycles. The molecule has 0 radical (unpaired) electrons. The Kier molecular flexibility index (Phi) is 3.61. The molecule has 76 valence electrons. The highest BCUT2D eigenvalue weighted by molar-refractivity contribution is 9.10. The van der Waals surface area contributed by atoms with Gasteiger partial charge in [-0.1, -0.05) is 45.4 Å². The first-order chi connectivity index (χ1) is 7.25. The van der Waals surface area contributed by atoms with E-state index in [1.807, 2.05) is 24.3 Å². The van der Waals surface area contributed by atoms with Crippen molar-refractivity contribution in [3.63, 3.8) is 0 Å². The lowest BCUT2D eigenvalue weighted by molar-refractivity contribution is 1.06. The molecule has 5 heteroatoms. The summed E-state index contributed by atoms with van der Waals surface area (Å²) < 4.78 is 1.03. The Hall–Kier alpha value is -0.580. The van der Waals surface area contributed by atoms with Crippen LogP contribution < -0.4 is 0 Å². The van der Waals surface area contributed by atoms with E-state index < -0.39 is 0 Å². The van der Waals surface area contributed by atoms with Crippen LogP contribution in [0.4, 0.5) is 0 Å². The molecule has 0 saturated heterocycles. The molecule has 0 saturated carbocycles. The van der Waals surface area contributed by atoms with Gasteiger partial charge in [0, 0.05) is 21.8 Å². The van der Waals surface area contributed by atoms with Crippen molar-refractivity contribution in [3.8, 4) is 0 Å². The van der Waals surface area contributed by atoms with Crippen LogP contribution in [0.1, 0.15) is 0 Å². The molecule has 2 aromatic rings. The Morgan fingerprint density at radius 2 is 2.00 bits per heavy atom. The van der Waals surface area contributed by atoms with Gasteiger partial charge in [0.2, 0.25) is 0 Å². The third-order valence-electron chi connectivity index (χ3n) is 1.63. The number of rotatable bonds is 2. The highest BCUT2D eigenvalue weighted by atomic mass is 79.9. The minimum atomic E-state index is 0.433. The molecule has 0 aliphatic carbocycles. The maximum Gasteiger partial charge on any atom is 0.161 e. The van der Waals surface area contributed by atoms with Gasteiger partial charge in [-0.3, -0.25) is 0 Å². The number of halogens is 2. The van der Waals surface area contributed by atoms with Crippen LogP contribution in [0.25, 0.3) is 0 Å². The molecule has 1 heterocycles. The predicted molar refractivity (Wildman–Crippen MR) is 65.3 cm³/mol. The van der Waals surface area contributed by atoms with Crippen molar-refractivity contribution in [2.24, 2.45) is 0 Å². The van der Waals surface area contributed by atoms with Gasteiger partial charge in [0.25, 0.3) is 0 Å². The van der Waals surface area contributed by atoms with Crippen LogP contribution >= 0.6 is 39.3 Å². The van der Waals surface area contributed by atoms with Crippen LogP contribution in [0.2, 0.25) is 5.15 Å². The van der Waals surface area contributed by atoms with Gasteiger partial charge in [0.15, 0.2) is 5.15 Å².